The summed E-state index contributed by atoms with van der Waals surface area (Å²) in [6.07, 6.45) is 0.797. The zero-order valence-corrected chi connectivity index (χ0v) is 16.7. The predicted molar refractivity (Wildman–Crippen MR) is 111 cm³/mol. The second-order valence-corrected chi connectivity index (χ2v) is 7.66. The lowest BCUT2D eigenvalue weighted by atomic mass is 9.87. The largest absolute Gasteiger partial charge is 0.497 e. The first-order chi connectivity index (χ1) is 13.4. The summed E-state index contributed by atoms with van der Waals surface area (Å²) in [5.41, 5.74) is 3.61. The van der Waals surface area contributed by atoms with E-state index in [1.165, 1.54) is 11.1 Å². The lowest BCUT2D eigenvalue weighted by Gasteiger charge is -2.18. The third-order valence-corrected chi connectivity index (χ3v) is 4.59. The molecule has 0 atom stereocenters. The van der Waals surface area contributed by atoms with E-state index < -0.39 is 0 Å². The van der Waals surface area contributed by atoms with E-state index in [4.69, 9.17) is 9.15 Å². The van der Waals surface area contributed by atoms with E-state index in [1.54, 1.807) is 7.11 Å². The van der Waals surface area contributed by atoms with Gasteiger partial charge in [0.2, 0.25) is 17.5 Å². The molecule has 3 aromatic rings. The van der Waals surface area contributed by atoms with Crippen molar-refractivity contribution in [2.24, 2.45) is 0 Å². The average molecular weight is 375 g/mol. The maximum Gasteiger partial charge on any atom is 0.232 e. The molecular weight excluding hydrogens is 350 g/mol. The van der Waals surface area contributed by atoms with Gasteiger partial charge >= 0.3 is 0 Å². The fraction of sp³-hybridized carbons (Fsp3) is 0.304. The Labute approximate surface area is 166 Å². The number of benzene rings is 2. The van der Waals surface area contributed by atoms with Gasteiger partial charge in [0, 0.05) is 12.1 Å². The smallest absolute Gasteiger partial charge is 0.232 e. The third kappa shape index (κ3) is 4.52. The summed E-state index contributed by atoms with van der Waals surface area (Å²) >= 11 is 0. The predicted octanol–water partition coefficient (Wildman–Crippen LogP) is 5.17. The first-order valence-electron chi connectivity index (χ1n) is 9.29. The summed E-state index contributed by atoms with van der Waals surface area (Å²) in [4.78, 5) is 4.33. The Morgan fingerprint density at radius 1 is 1.07 bits per heavy atom. The van der Waals surface area contributed by atoms with Crippen LogP contribution >= 0.6 is 0 Å². The molecule has 0 saturated heterocycles. The quantitative estimate of drug-likeness (QED) is 0.643. The van der Waals surface area contributed by atoms with Crippen LogP contribution in [-0.4, -0.2) is 18.6 Å². The van der Waals surface area contributed by atoms with Crippen LogP contribution in [0.2, 0.25) is 0 Å². The molecule has 0 fully saturated rings. The van der Waals surface area contributed by atoms with Gasteiger partial charge in [-0.05, 0) is 47.2 Å². The van der Waals surface area contributed by atoms with Crippen LogP contribution in [0.1, 0.15) is 37.6 Å². The minimum atomic E-state index is 0.0844. The van der Waals surface area contributed by atoms with Crippen molar-refractivity contribution in [1.29, 1.82) is 5.26 Å². The molecule has 0 aliphatic carbocycles. The summed E-state index contributed by atoms with van der Waals surface area (Å²) in [5.74, 6) is 1.69. The number of ether oxygens (including phenoxy) is 1. The SMILES string of the molecule is COc1ccc(CCNc2oc(-c3ccc(C(C)(C)C)cc3)nc2C#N)cc1. The van der Waals surface area contributed by atoms with Crippen molar-refractivity contribution >= 4 is 5.88 Å². The van der Waals surface area contributed by atoms with E-state index in [0.29, 0.717) is 18.3 Å². The fourth-order valence-corrected chi connectivity index (χ4v) is 2.86. The zero-order chi connectivity index (χ0) is 20.1. The van der Waals surface area contributed by atoms with Gasteiger partial charge in [0.1, 0.15) is 11.8 Å². The van der Waals surface area contributed by atoms with Crippen molar-refractivity contribution in [3.8, 4) is 23.3 Å². The molecule has 2 aromatic carbocycles. The van der Waals surface area contributed by atoms with Crippen molar-refractivity contribution < 1.29 is 9.15 Å². The molecule has 3 rings (SSSR count). The number of anilines is 1. The fourth-order valence-electron chi connectivity index (χ4n) is 2.86. The van der Waals surface area contributed by atoms with Crippen molar-refractivity contribution in [2.75, 3.05) is 19.0 Å². The van der Waals surface area contributed by atoms with E-state index in [9.17, 15) is 5.26 Å². The van der Waals surface area contributed by atoms with Crippen molar-refractivity contribution in [2.45, 2.75) is 32.6 Å². The van der Waals surface area contributed by atoms with Gasteiger partial charge in [-0.25, -0.2) is 0 Å². The summed E-state index contributed by atoms with van der Waals surface area (Å²) in [6.45, 7) is 7.15. The van der Waals surface area contributed by atoms with Crippen LogP contribution in [0.5, 0.6) is 5.75 Å². The van der Waals surface area contributed by atoms with E-state index in [2.05, 4.69) is 49.3 Å². The molecule has 0 aliphatic heterocycles. The lowest BCUT2D eigenvalue weighted by Crippen LogP contribution is -2.10. The van der Waals surface area contributed by atoms with Crippen LogP contribution in [-0.2, 0) is 11.8 Å². The molecule has 0 spiro atoms. The van der Waals surface area contributed by atoms with Gasteiger partial charge in [0.15, 0.2) is 0 Å². The molecule has 1 aromatic heterocycles. The van der Waals surface area contributed by atoms with Crippen LogP contribution in [0.3, 0.4) is 0 Å². The number of rotatable bonds is 6. The van der Waals surface area contributed by atoms with Crippen LogP contribution in [0.15, 0.2) is 52.9 Å². The number of methoxy groups -OCH3 is 1. The van der Waals surface area contributed by atoms with Crippen molar-refractivity contribution in [3.63, 3.8) is 0 Å². The van der Waals surface area contributed by atoms with Gasteiger partial charge in [-0.2, -0.15) is 10.2 Å². The molecule has 0 unspecified atom stereocenters. The molecule has 144 valence electrons. The molecule has 1 N–H and O–H groups in total. The minimum Gasteiger partial charge on any atom is -0.497 e. The second kappa shape index (κ2) is 8.18. The van der Waals surface area contributed by atoms with E-state index >= 15 is 0 Å². The van der Waals surface area contributed by atoms with Gasteiger partial charge < -0.3 is 14.5 Å². The molecule has 1 heterocycles. The first kappa shape index (κ1) is 19.5. The van der Waals surface area contributed by atoms with Gasteiger partial charge in [-0.3, -0.25) is 0 Å². The molecule has 28 heavy (non-hydrogen) atoms. The highest BCUT2D eigenvalue weighted by atomic mass is 16.5. The van der Waals surface area contributed by atoms with Gasteiger partial charge in [-0.15, -0.1) is 0 Å². The van der Waals surface area contributed by atoms with E-state index in [0.717, 1.165) is 17.7 Å². The average Bonchev–Trinajstić information content (AvgIpc) is 3.11. The molecule has 0 aliphatic rings. The first-order valence-corrected chi connectivity index (χ1v) is 9.29. The second-order valence-electron chi connectivity index (χ2n) is 7.66. The maximum atomic E-state index is 9.38. The summed E-state index contributed by atoms with van der Waals surface area (Å²) in [7, 11) is 1.65. The Morgan fingerprint density at radius 2 is 1.75 bits per heavy atom. The Hall–Kier alpha value is -3.26. The molecular formula is C23H25N3O2. The lowest BCUT2D eigenvalue weighted by molar-refractivity contribution is 0.414. The van der Waals surface area contributed by atoms with Crippen LogP contribution in [0, 0.1) is 11.3 Å². The van der Waals surface area contributed by atoms with Gasteiger partial charge in [-0.1, -0.05) is 45.0 Å². The highest BCUT2D eigenvalue weighted by Crippen LogP contribution is 2.28. The van der Waals surface area contributed by atoms with Crippen molar-refractivity contribution in [3.05, 3.63) is 65.4 Å². The molecule has 5 nitrogen and oxygen atoms in total. The van der Waals surface area contributed by atoms with Gasteiger partial charge in [0.25, 0.3) is 0 Å². The molecule has 0 radical (unpaired) electrons. The number of oxazole rings is 1. The van der Waals surface area contributed by atoms with Gasteiger partial charge in [0.05, 0.1) is 7.11 Å². The topological polar surface area (TPSA) is 71.1 Å². The molecule has 0 amide bonds. The molecule has 5 heteroatoms. The number of hydrogen-bond acceptors (Lipinski definition) is 5. The number of hydrogen-bond donors (Lipinski definition) is 1. The van der Waals surface area contributed by atoms with E-state index in [-0.39, 0.29) is 11.1 Å². The Bertz CT molecular complexity index is 959. The number of nitriles is 1. The highest BCUT2D eigenvalue weighted by molar-refractivity contribution is 5.59. The minimum absolute atomic E-state index is 0.0844. The maximum absolute atomic E-state index is 9.38. The van der Waals surface area contributed by atoms with E-state index in [1.807, 2.05) is 36.4 Å². The Morgan fingerprint density at radius 3 is 2.32 bits per heavy atom. The highest BCUT2D eigenvalue weighted by Gasteiger charge is 2.16. The standard InChI is InChI=1S/C23H25N3O2/c1-23(2,3)18-9-7-17(8-10-18)21-26-20(15-24)22(28-21)25-14-13-16-5-11-19(27-4)12-6-16/h5-12,25H,13-14H2,1-4H3. The van der Waals surface area contributed by atoms with Crippen molar-refractivity contribution in [1.82, 2.24) is 4.98 Å². The Balaban J connectivity index is 1.69. The summed E-state index contributed by atoms with van der Waals surface area (Å²) in [5, 5.41) is 12.6. The number of nitrogens with one attached hydrogen (secondary N) is 1. The summed E-state index contributed by atoms with van der Waals surface area (Å²) < 4.78 is 11.0. The molecule has 0 saturated carbocycles. The molecule has 0 bridgehead atoms. The number of aromatic nitrogens is 1. The van der Waals surface area contributed by atoms with Crippen LogP contribution in [0.25, 0.3) is 11.5 Å². The number of nitrogens with zero attached hydrogens (tertiary/aromatic N) is 2. The normalized spacial score (nSPS) is 11.1. The van der Waals surface area contributed by atoms with Crippen LogP contribution in [0.4, 0.5) is 5.88 Å². The third-order valence-electron chi connectivity index (χ3n) is 4.59. The zero-order valence-electron chi connectivity index (χ0n) is 16.7. The van der Waals surface area contributed by atoms with Crippen LogP contribution < -0.4 is 10.1 Å². The monoisotopic (exact) mass is 375 g/mol. The summed E-state index contributed by atoms with van der Waals surface area (Å²) in [6, 6.07) is 18.1. The Kier molecular flexibility index (Phi) is 5.70.